The molecule has 1 aromatic rings. The zero-order valence-corrected chi connectivity index (χ0v) is 12.8. The monoisotopic (exact) mass is 270 g/mol. The van der Waals surface area contributed by atoms with E-state index < -0.39 is 0 Å². The molecular weight excluding hydrogens is 244 g/mol. The standard InChI is InChI=1S/C13H26N4S/c1-5-7-14-12(9-18-6-2)8-13-15-10-16-17(13)11(3)4/h10-12,14H,5-9H2,1-4H3. The molecule has 0 aliphatic heterocycles. The summed E-state index contributed by atoms with van der Waals surface area (Å²) in [5.41, 5.74) is 0. The van der Waals surface area contributed by atoms with Crippen LogP contribution >= 0.6 is 11.8 Å². The van der Waals surface area contributed by atoms with Crippen molar-refractivity contribution >= 4 is 11.8 Å². The Morgan fingerprint density at radius 3 is 2.78 bits per heavy atom. The highest BCUT2D eigenvalue weighted by Gasteiger charge is 2.14. The first-order valence-corrected chi connectivity index (χ1v) is 8.04. The van der Waals surface area contributed by atoms with Crippen molar-refractivity contribution in [1.82, 2.24) is 20.1 Å². The van der Waals surface area contributed by atoms with Gasteiger partial charge in [0.15, 0.2) is 0 Å². The minimum Gasteiger partial charge on any atom is -0.313 e. The van der Waals surface area contributed by atoms with Gasteiger partial charge in [-0.3, -0.25) is 0 Å². The molecule has 0 aromatic carbocycles. The van der Waals surface area contributed by atoms with Gasteiger partial charge in [0.25, 0.3) is 0 Å². The normalized spacial score (nSPS) is 13.2. The predicted molar refractivity (Wildman–Crippen MR) is 79.2 cm³/mol. The van der Waals surface area contributed by atoms with Gasteiger partial charge >= 0.3 is 0 Å². The van der Waals surface area contributed by atoms with Crippen LogP contribution in [-0.2, 0) is 6.42 Å². The van der Waals surface area contributed by atoms with Crippen LogP contribution in [0.15, 0.2) is 6.33 Å². The van der Waals surface area contributed by atoms with Gasteiger partial charge in [-0.05, 0) is 32.6 Å². The molecule has 1 heterocycles. The van der Waals surface area contributed by atoms with Crippen molar-refractivity contribution in [2.24, 2.45) is 0 Å². The third kappa shape index (κ3) is 4.98. The summed E-state index contributed by atoms with van der Waals surface area (Å²) in [7, 11) is 0. The Morgan fingerprint density at radius 1 is 1.39 bits per heavy atom. The minimum atomic E-state index is 0.383. The van der Waals surface area contributed by atoms with E-state index in [-0.39, 0.29) is 0 Å². The van der Waals surface area contributed by atoms with Crippen LogP contribution in [0, 0.1) is 0 Å². The number of thioether (sulfide) groups is 1. The van der Waals surface area contributed by atoms with E-state index in [9.17, 15) is 0 Å². The smallest absolute Gasteiger partial charge is 0.138 e. The molecule has 0 saturated carbocycles. The lowest BCUT2D eigenvalue weighted by Gasteiger charge is -2.18. The topological polar surface area (TPSA) is 42.7 Å². The number of hydrogen-bond acceptors (Lipinski definition) is 4. The quantitative estimate of drug-likeness (QED) is 0.749. The van der Waals surface area contributed by atoms with Gasteiger partial charge in [0.1, 0.15) is 12.2 Å². The maximum absolute atomic E-state index is 4.40. The molecule has 1 N–H and O–H groups in total. The molecule has 0 radical (unpaired) electrons. The summed E-state index contributed by atoms with van der Waals surface area (Å²) < 4.78 is 2.03. The van der Waals surface area contributed by atoms with Crippen molar-refractivity contribution in [3.63, 3.8) is 0 Å². The number of rotatable bonds is 9. The summed E-state index contributed by atoms with van der Waals surface area (Å²) in [4.78, 5) is 4.40. The SMILES string of the molecule is CCCNC(CSCC)Cc1ncnn1C(C)C. The van der Waals surface area contributed by atoms with Crippen LogP contribution in [-0.4, -0.2) is 38.9 Å². The summed E-state index contributed by atoms with van der Waals surface area (Å²) in [6, 6.07) is 0.879. The van der Waals surface area contributed by atoms with Gasteiger partial charge in [-0.2, -0.15) is 16.9 Å². The predicted octanol–water partition coefficient (Wildman–Crippen LogP) is 2.52. The molecule has 0 fully saturated rings. The lowest BCUT2D eigenvalue weighted by atomic mass is 10.2. The molecule has 0 aliphatic rings. The molecule has 104 valence electrons. The van der Waals surface area contributed by atoms with Gasteiger partial charge in [0.2, 0.25) is 0 Å². The lowest BCUT2D eigenvalue weighted by Crippen LogP contribution is -2.35. The van der Waals surface area contributed by atoms with Crippen LogP contribution in [0.3, 0.4) is 0 Å². The number of aromatic nitrogens is 3. The third-order valence-corrected chi connectivity index (χ3v) is 3.82. The highest BCUT2D eigenvalue weighted by molar-refractivity contribution is 7.99. The van der Waals surface area contributed by atoms with E-state index in [1.165, 1.54) is 12.2 Å². The van der Waals surface area contributed by atoms with Gasteiger partial charge in [0, 0.05) is 24.3 Å². The number of hydrogen-bond donors (Lipinski definition) is 1. The van der Waals surface area contributed by atoms with Crippen molar-refractivity contribution in [2.45, 2.75) is 52.6 Å². The first-order chi connectivity index (χ1) is 8.69. The van der Waals surface area contributed by atoms with Gasteiger partial charge in [-0.25, -0.2) is 9.67 Å². The Bertz CT molecular complexity index is 317. The summed E-state index contributed by atoms with van der Waals surface area (Å²) >= 11 is 1.98. The summed E-state index contributed by atoms with van der Waals surface area (Å²) in [5, 5.41) is 7.91. The van der Waals surface area contributed by atoms with Gasteiger partial charge < -0.3 is 5.32 Å². The van der Waals surface area contributed by atoms with E-state index in [2.05, 4.69) is 43.1 Å². The molecule has 0 spiro atoms. The highest BCUT2D eigenvalue weighted by Crippen LogP contribution is 2.10. The molecule has 0 bridgehead atoms. The van der Waals surface area contributed by atoms with Crippen LogP contribution in [0.2, 0.25) is 0 Å². The fourth-order valence-electron chi connectivity index (χ4n) is 1.87. The number of nitrogens with zero attached hydrogens (tertiary/aromatic N) is 3. The first kappa shape index (κ1) is 15.5. The molecule has 1 atom stereocenters. The van der Waals surface area contributed by atoms with E-state index in [0.29, 0.717) is 12.1 Å². The second-order valence-corrected chi connectivity index (χ2v) is 6.05. The molecule has 5 heteroatoms. The molecule has 0 saturated heterocycles. The lowest BCUT2D eigenvalue weighted by molar-refractivity contribution is 0.472. The van der Waals surface area contributed by atoms with Crippen molar-refractivity contribution in [2.75, 3.05) is 18.1 Å². The van der Waals surface area contributed by atoms with Crippen LogP contribution in [0.4, 0.5) is 0 Å². The molecule has 1 rings (SSSR count). The Labute approximate surface area is 115 Å². The zero-order valence-electron chi connectivity index (χ0n) is 12.0. The minimum absolute atomic E-state index is 0.383. The first-order valence-electron chi connectivity index (χ1n) is 6.88. The average molecular weight is 270 g/mol. The third-order valence-electron chi connectivity index (χ3n) is 2.77. The summed E-state index contributed by atoms with van der Waals surface area (Å²) in [6.07, 6.45) is 3.80. The van der Waals surface area contributed by atoms with E-state index >= 15 is 0 Å². The molecule has 18 heavy (non-hydrogen) atoms. The maximum Gasteiger partial charge on any atom is 0.138 e. The largest absolute Gasteiger partial charge is 0.313 e. The molecule has 1 unspecified atom stereocenters. The summed E-state index contributed by atoms with van der Waals surface area (Å²) in [5.74, 6) is 3.40. The number of nitrogens with one attached hydrogen (secondary N) is 1. The van der Waals surface area contributed by atoms with E-state index in [1.54, 1.807) is 6.33 Å². The van der Waals surface area contributed by atoms with Crippen molar-refractivity contribution in [3.05, 3.63) is 12.2 Å². The second-order valence-electron chi connectivity index (χ2n) is 4.73. The fourth-order valence-corrected chi connectivity index (χ4v) is 2.63. The Hall–Kier alpha value is -0.550. The Kier molecular flexibility index (Phi) is 7.35. The van der Waals surface area contributed by atoms with Crippen molar-refractivity contribution in [3.8, 4) is 0 Å². The van der Waals surface area contributed by atoms with Gasteiger partial charge in [0.05, 0.1) is 0 Å². The van der Waals surface area contributed by atoms with Crippen molar-refractivity contribution < 1.29 is 0 Å². The van der Waals surface area contributed by atoms with Crippen LogP contribution in [0.25, 0.3) is 0 Å². The van der Waals surface area contributed by atoms with Crippen LogP contribution in [0.1, 0.15) is 46.0 Å². The molecular formula is C13H26N4S. The van der Waals surface area contributed by atoms with E-state index in [4.69, 9.17) is 0 Å². The summed E-state index contributed by atoms with van der Waals surface area (Å²) in [6.45, 7) is 9.78. The molecule has 0 aliphatic carbocycles. The average Bonchev–Trinajstić information content (AvgIpc) is 2.80. The molecule has 1 aromatic heterocycles. The molecule has 0 amide bonds. The Morgan fingerprint density at radius 2 is 2.17 bits per heavy atom. The van der Waals surface area contributed by atoms with Crippen LogP contribution in [0.5, 0.6) is 0 Å². The molecule has 4 nitrogen and oxygen atoms in total. The van der Waals surface area contributed by atoms with E-state index in [0.717, 1.165) is 24.5 Å². The van der Waals surface area contributed by atoms with E-state index in [1.807, 2.05) is 16.4 Å². The fraction of sp³-hybridized carbons (Fsp3) is 0.846. The maximum atomic E-state index is 4.40. The van der Waals surface area contributed by atoms with Crippen LogP contribution < -0.4 is 5.32 Å². The van der Waals surface area contributed by atoms with Gasteiger partial charge in [-0.1, -0.05) is 13.8 Å². The second kappa shape index (κ2) is 8.53. The Balaban J connectivity index is 2.59. The van der Waals surface area contributed by atoms with Gasteiger partial charge in [-0.15, -0.1) is 0 Å². The highest BCUT2D eigenvalue weighted by atomic mass is 32.2. The zero-order chi connectivity index (χ0) is 13.4. The van der Waals surface area contributed by atoms with Crippen molar-refractivity contribution in [1.29, 1.82) is 0 Å².